The Hall–Kier alpha value is -3.38. The zero-order chi connectivity index (χ0) is 27.3. The fourth-order valence-corrected chi connectivity index (χ4v) is 4.54. The number of carbonyl (C=O) groups excluding carboxylic acids is 5. The van der Waals surface area contributed by atoms with E-state index in [0.29, 0.717) is 18.1 Å². The minimum absolute atomic E-state index is 0.278. The van der Waals surface area contributed by atoms with Gasteiger partial charge < -0.3 is 33.5 Å². The molecule has 0 aromatic heterocycles. The molecule has 0 radical (unpaired) electrons. The van der Waals surface area contributed by atoms with Crippen molar-refractivity contribution < 1.29 is 47.7 Å². The van der Waals surface area contributed by atoms with Crippen molar-refractivity contribution in [3.05, 3.63) is 29.3 Å². The molecule has 37 heavy (non-hydrogen) atoms. The molecular formula is C24H29ClN2O10. The molecule has 3 rings (SSSR count). The summed E-state index contributed by atoms with van der Waals surface area (Å²) in [4.78, 5) is 64.6. The lowest BCUT2D eigenvalue weighted by atomic mass is 9.96. The first-order valence-corrected chi connectivity index (χ1v) is 12.0. The van der Waals surface area contributed by atoms with Crippen LogP contribution in [0.2, 0.25) is 5.02 Å². The first kappa shape index (κ1) is 28.2. The Kier molecular flexibility index (Phi) is 9.33. The van der Waals surface area contributed by atoms with E-state index in [1.165, 1.54) is 4.90 Å². The largest absolute Gasteiger partial charge is 0.455 e. The number of nitrogens with zero attached hydrogens (tertiary/aromatic N) is 2. The highest BCUT2D eigenvalue weighted by atomic mass is 35.5. The van der Waals surface area contributed by atoms with E-state index in [0.717, 1.165) is 33.4 Å². The van der Waals surface area contributed by atoms with Crippen molar-refractivity contribution in [1.82, 2.24) is 4.90 Å². The van der Waals surface area contributed by atoms with Gasteiger partial charge in [-0.3, -0.25) is 24.0 Å². The maximum atomic E-state index is 13.6. The van der Waals surface area contributed by atoms with Gasteiger partial charge in [-0.05, 0) is 12.1 Å². The number of hydrogen-bond acceptors (Lipinski definition) is 11. The smallest absolute Gasteiger partial charge is 0.305 e. The molecule has 0 aliphatic carbocycles. The fraction of sp³-hybridized carbons (Fsp3) is 0.542. The van der Waals surface area contributed by atoms with Gasteiger partial charge in [0.15, 0.2) is 18.3 Å². The summed E-state index contributed by atoms with van der Waals surface area (Å²) >= 11 is 6.30. The predicted octanol–water partition coefficient (Wildman–Crippen LogP) is 1.07. The molecule has 0 unspecified atom stereocenters. The minimum atomic E-state index is -1.60. The van der Waals surface area contributed by atoms with E-state index in [-0.39, 0.29) is 13.1 Å². The molecule has 202 valence electrons. The molecule has 2 heterocycles. The van der Waals surface area contributed by atoms with Crippen molar-refractivity contribution in [2.24, 2.45) is 0 Å². The van der Waals surface area contributed by atoms with Crippen LogP contribution >= 0.6 is 11.6 Å². The molecule has 12 nitrogen and oxygen atoms in total. The molecule has 1 aromatic carbocycles. The average molecular weight is 541 g/mol. The van der Waals surface area contributed by atoms with Gasteiger partial charge in [0.2, 0.25) is 12.4 Å². The third-order valence-electron chi connectivity index (χ3n) is 5.71. The number of carbonyl (C=O) groups is 5. The molecule has 13 heteroatoms. The summed E-state index contributed by atoms with van der Waals surface area (Å²) in [6.07, 6.45) is -7.57. The Morgan fingerprint density at radius 2 is 1.27 bits per heavy atom. The van der Waals surface area contributed by atoms with Gasteiger partial charge in [-0.1, -0.05) is 23.7 Å². The molecule has 5 atom stereocenters. The summed E-state index contributed by atoms with van der Waals surface area (Å²) in [5.41, 5.74) is 0.831. The Labute approximate surface area is 218 Å². The Bertz CT molecular complexity index is 1040. The first-order chi connectivity index (χ1) is 17.5. The zero-order valence-corrected chi connectivity index (χ0v) is 21.6. The predicted molar refractivity (Wildman–Crippen MR) is 127 cm³/mol. The van der Waals surface area contributed by atoms with Crippen molar-refractivity contribution in [1.29, 1.82) is 0 Å². The van der Waals surface area contributed by atoms with Crippen LogP contribution in [-0.2, 0) is 47.7 Å². The number of benzene rings is 1. The van der Waals surface area contributed by atoms with E-state index in [1.807, 2.05) is 23.1 Å². The summed E-state index contributed by atoms with van der Waals surface area (Å²) in [5.74, 6) is -3.78. The van der Waals surface area contributed by atoms with Crippen LogP contribution in [0, 0.1) is 0 Å². The second-order valence-electron chi connectivity index (χ2n) is 8.52. The SMILES string of the molecule is CC(=O)O[C@@H]1O[C@H](C(=O)N2CCN(c3ccccc3Cl)CC2)[C@@H](OC(C)=O)[C@H](OC(C)=O)[C@H]1OC(C)=O. The van der Waals surface area contributed by atoms with Gasteiger partial charge >= 0.3 is 23.9 Å². The molecule has 2 aliphatic heterocycles. The average Bonchev–Trinajstić information content (AvgIpc) is 2.81. The van der Waals surface area contributed by atoms with Crippen molar-refractivity contribution in [3.8, 4) is 0 Å². The molecule has 1 aromatic rings. The van der Waals surface area contributed by atoms with Crippen LogP contribution in [0.1, 0.15) is 27.7 Å². The summed E-state index contributed by atoms with van der Waals surface area (Å²) in [5, 5.41) is 0.581. The van der Waals surface area contributed by atoms with Crippen LogP contribution in [0.5, 0.6) is 0 Å². The Morgan fingerprint density at radius 3 is 1.81 bits per heavy atom. The van der Waals surface area contributed by atoms with Gasteiger partial charge in [-0.25, -0.2) is 0 Å². The number of para-hydroxylation sites is 1. The number of esters is 4. The molecule has 2 fully saturated rings. The number of ether oxygens (including phenoxy) is 5. The monoisotopic (exact) mass is 540 g/mol. The fourth-order valence-electron chi connectivity index (χ4n) is 4.29. The molecule has 0 saturated carbocycles. The summed E-state index contributed by atoms with van der Waals surface area (Å²) in [6.45, 7) is 5.85. The van der Waals surface area contributed by atoms with Crippen LogP contribution in [0.4, 0.5) is 5.69 Å². The number of amides is 1. The number of hydrogen-bond donors (Lipinski definition) is 0. The lowest BCUT2D eigenvalue weighted by Crippen LogP contribution is -2.66. The van der Waals surface area contributed by atoms with Gasteiger partial charge in [-0.15, -0.1) is 0 Å². The number of halogens is 1. The van der Waals surface area contributed by atoms with Gasteiger partial charge in [0.1, 0.15) is 0 Å². The van der Waals surface area contributed by atoms with E-state index >= 15 is 0 Å². The minimum Gasteiger partial charge on any atom is -0.455 e. The second-order valence-corrected chi connectivity index (χ2v) is 8.93. The summed E-state index contributed by atoms with van der Waals surface area (Å²) in [6, 6.07) is 7.34. The van der Waals surface area contributed by atoms with Crippen LogP contribution in [0.3, 0.4) is 0 Å². The van der Waals surface area contributed by atoms with E-state index in [9.17, 15) is 24.0 Å². The first-order valence-electron chi connectivity index (χ1n) is 11.6. The van der Waals surface area contributed by atoms with Crippen molar-refractivity contribution in [2.75, 3.05) is 31.1 Å². The molecule has 2 aliphatic rings. The van der Waals surface area contributed by atoms with Crippen molar-refractivity contribution in [3.63, 3.8) is 0 Å². The van der Waals surface area contributed by atoms with E-state index < -0.39 is 60.5 Å². The highest BCUT2D eigenvalue weighted by Crippen LogP contribution is 2.32. The van der Waals surface area contributed by atoms with Crippen LogP contribution in [-0.4, -0.2) is 91.6 Å². The van der Waals surface area contributed by atoms with Gasteiger partial charge in [0, 0.05) is 53.9 Å². The maximum absolute atomic E-state index is 13.6. The van der Waals surface area contributed by atoms with Crippen LogP contribution in [0.25, 0.3) is 0 Å². The number of rotatable bonds is 6. The lowest BCUT2D eigenvalue weighted by Gasteiger charge is -2.45. The van der Waals surface area contributed by atoms with Gasteiger partial charge in [0.25, 0.3) is 5.91 Å². The molecule has 0 bridgehead atoms. The van der Waals surface area contributed by atoms with E-state index in [4.69, 9.17) is 35.3 Å². The Morgan fingerprint density at radius 1 is 0.757 bits per heavy atom. The molecule has 1 amide bonds. The number of anilines is 1. The van der Waals surface area contributed by atoms with Gasteiger partial charge in [-0.2, -0.15) is 0 Å². The second kappa shape index (κ2) is 12.2. The van der Waals surface area contributed by atoms with Crippen molar-refractivity contribution >= 4 is 47.1 Å². The van der Waals surface area contributed by atoms with Crippen molar-refractivity contribution in [2.45, 2.75) is 58.4 Å². The molecular weight excluding hydrogens is 512 g/mol. The normalized spacial score (nSPS) is 25.6. The van der Waals surface area contributed by atoms with Crippen LogP contribution < -0.4 is 4.90 Å². The summed E-state index contributed by atoms with van der Waals surface area (Å²) in [7, 11) is 0. The summed E-state index contributed by atoms with van der Waals surface area (Å²) < 4.78 is 26.8. The third-order valence-corrected chi connectivity index (χ3v) is 6.03. The van der Waals surface area contributed by atoms with Gasteiger partial charge in [0.05, 0.1) is 10.7 Å². The van der Waals surface area contributed by atoms with E-state index in [1.54, 1.807) is 6.07 Å². The quantitative estimate of drug-likeness (QED) is 0.378. The maximum Gasteiger partial charge on any atom is 0.305 e. The highest BCUT2D eigenvalue weighted by molar-refractivity contribution is 6.33. The molecule has 2 saturated heterocycles. The topological polar surface area (TPSA) is 138 Å². The molecule has 0 spiro atoms. The van der Waals surface area contributed by atoms with Crippen LogP contribution in [0.15, 0.2) is 24.3 Å². The standard InChI is InChI=1S/C24H29ClN2O10/c1-13(28)33-19-20(34-14(2)29)22(35-15(3)30)24(36-16(4)31)37-21(19)23(32)27-11-9-26(10-12-27)18-8-6-5-7-17(18)25/h5-8,19-22,24H,9-12H2,1-4H3/t19-,20-,21-,22+,24+/m0/s1. The molecule has 0 N–H and O–H groups in total. The van der Waals surface area contributed by atoms with E-state index in [2.05, 4.69) is 0 Å². The lowest BCUT2D eigenvalue weighted by molar-refractivity contribution is -0.292. The number of piperazine rings is 1. The zero-order valence-electron chi connectivity index (χ0n) is 20.9. The third kappa shape index (κ3) is 7.10. The highest BCUT2D eigenvalue weighted by Gasteiger charge is 2.56. The Balaban J connectivity index is 1.88.